The Bertz CT molecular complexity index is 681. The molecule has 21 heavy (non-hydrogen) atoms. The molecular weight excluding hydrogens is 270 g/mol. The predicted octanol–water partition coefficient (Wildman–Crippen LogP) is 0.899. The van der Waals surface area contributed by atoms with Gasteiger partial charge in [-0.3, -0.25) is 4.57 Å². The summed E-state index contributed by atoms with van der Waals surface area (Å²) >= 11 is 0. The third-order valence-electron chi connectivity index (χ3n) is 3.88. The van der Waals surface area contributed by atoms with Crippen molar-refractivity contribution in [3.05, 3.63) is 18.5 Å². The Hall–Kier alpha value is -2.28. The van der Waals surface area contributed by atoms with E-state index in [4.69, 9.17) is 16.2 Å². The molecule has 1 aliphatic heterocycles. The minimum absolute atomic E-state index is 0.143. The summed E-state index contributed by atoms with van der Waals surface area (Å²) in [6.45, 7) is 1.67. The summed E-state index contributed by atoms with van der Waals surface area (Å²) < 4.78 is 6.78. The molecule has 1 atom stereocenters. The number of hydrogen-bond donors (Lipinski definition) is 2. The normalized spacial score (nSPS) is 19.0. The van der Waals surface area contributed by atoms with Gasteiger partial charge in [-0.25, -0.2) is 9.78 Å². The minimum atomic E-state index is -0.552. The second-order valence-electron chi connectivity index (χ2n) is 5.28. The number of nitrogens with zero attached hydrogens (tertiary/aromatic N) is 3. The molecule has 1 fully saturated rings. The second-order valence-corrected chi connectivity index (χ2v) is 5.28. The Morgan fingerprint density at radius 1 is 1.52 bits per heavy atom. The van der Waals surface area contributed by atoms with E-state index in [1.54, 1.807) is 19.5 Å². The maximum Gasteiger partial charge on any atom is 0.324 e. The van der Waals surface area contributed by atoms with Crippen molar-refractivity contribution in [2.45, 2.75) is 18.9 Å². The maximum absolute atomic E-state index is 11.5. The van der Waals surface area contributed by atoms with E-state index in [-0.39, 0.29) is 6.04 Å². The number of ether oxygens (including phenoxy) is 1. The number of aromatic nitrogens is 2. The molecular formula is C14H19N5O2. The lowest BCUT2D eigenvalue weighted by Gasteiger charge is -2.33. The summed E-state index contributed by atoms with van der Waals surface area (Å²) in [6, 6.07) is 1.43. The lowest BCUT2D eigenvalue weighted by atomic mass is 10.1. The monoisotopic (exact) mass is 289 g/mol. The van der Waals surface area contributed by atoms with Gasteiger partial charge in [-0.05, 0) is 18.9 Å². The van der Waals surface area contributed by atoms with Crippen LogP contribution in [0.4, 0.5) is 10.5 Å². The molecule has 3 heterocycles. The van der Waals surface area contributed by atoms with Crippen LogP contribution in [0, 0.1) is 0 Å². The highest BCUT2D eigenvalue weighted by Crippen LogP contribution is 2.36. The van der Waals surface area contributed by atoms with Gasteiger partial charge in [-0.1, -0.05) is 0 Å². The number of carbonyl (C=O) groups excluding carboxylic acids is 1. The summed E-state index contributed by atoms with van der Waals surface area (Å²) in [7, 11) is 1.61. The number of rotatable bonds is 2. The summed E-state index contributed by atoms with van der Waals surface area (Å²) in [5.41, 5.74) is 12.9. The third-order valence-corrected chi connectivity index (χ3v) is 3.88. The van der Waals surface area contributed by atoms with Crippen LogP contribution in [0.2, 0.25) is 0 Å². The maximum atomic E-state index is 11.5. The topological polar surface area (TPSA) is 99.4 Å². The largest absolute Gasteiger partial charge is 0.493 e. The Balaban J connectivity index is 2.16. The number of hydrogen-bond acceptors (Lipinski definition) is 5. The van der Waals surface area contributed by atoms with Gasteiger partial charge in [0.25, 0.3) is 0 Å². The predicted molar refractivity (Wildman–Crippen MR) is 80.7 cm³/mol. The van der Waals surface area contributed by atoms with Crippen molar-refractivity contribution < 1.29 is 9.53 Å². The van der Waals surface area contributed by atoms with E-state index in [1.807, 2.05) is 6.07 Å². The first-order chi connectivity index (χ1) is 10.1. The van der Waals surface area contributed by atoms with Crippen LogP contribution in [-0.2, 0) is 0 Å². The summed E-state index contributed by atoms with van der Waals surface area (Å²) in [4.78, 5) is 17.9. The number of methoxy groups -OCH3 is 1. The first kappa shape index (κ1) is 13.7. The fourth-order valence-corrected chi connectivity index (χ4v) is 2.92. The standard InChI is InChI=1S/C14H19N5O2/c1-21-11-7-17-13-10(4-6-19(13)14(16)20)12(11)18-5-2-3-9(15)8-18/h4,6-7,9H,2-3,5,8,15H2,1H3,(H2,16,20)/t9-/m1/s1. The number of fused-ring (bicyclic) bond motifs is 1. The molecule has 0 saturated carbocycles. The van der Waals surface area contributed by atoms with Gasteiger partial charge in [0.2, 0.25) is 0 Å². The number of carbonyl (C=O) groups is 1. The van der Waals surface area contributed by atoms with Gasteiger partial charge in [0.15, 0.2) is 5.75 Å². The molecule has 0 spiro atoms. The van der Waals surface area contributed by atoms with Crippen LogP contribution in [0.1, 0.15) is 12.8 Å². The average molecular weight is 289 g/mol. The fraction of sp³-hybridized carbons (Fsp3) is 0.429. The zero-order valence-corrected chi connectivity index (χ0v) is 12.0. The molecule has 1 aliphatic rings. The van der Waals surface area contributed by atoms with Crippen molar-refractivity contribution in [1.29, 1.82) is 0 Å². The van der Waals surface area contributed by atoms with Gasteiger partial charge in [-0.2, -0.15) is 0 Å². The van der Waals surface area contributed by atoms with Gasteiger partial charge in [0.05, 0.1) is 19.0 Å². The van der Waals surface area contributed by atoms with Crippen molar-refractivity contribution in [3.8, 4) is 5.75 Å². The quantitative estimate of drug-likeness (QED) is 0.855. The van der Waals surface area contributed by atoms with Crippen molar-refractivity contribution in [3.63, 3.8) is 0 Å². The Labute approximate surface area is 122 Å². The minimum Gasteiger partial charge on any atom is -0.493 e. The SMILES string of the molecule is COc1cnc2c(ccn2C(N)=O)c1N1CCC[C@@H](N)C1. The molecule has 112 valence electrons. The number of nitrogens with two attached hydrogens (primary N) is 2. The Morgan fingerprint density at radius 2 is 2.33 bits per heavy atom. The second kappa shape index (κ2) is 5.25. The fourth-order valence-electron chi connectivity index (χ4n) is 2.92. The van der Waals surface area contributed by atoms with Crippen LogP contribution in [0.5, 0.6) is 5.75 Å². The van der Waals surface area contributed by atoms with Crippen LogP contribution in [0.3, 0.4) is 0 Å². The first-order valence-electron chi connectivity index (χ1n) is 6.96. The lowest BCUT2D eigenvalue weighted by Crippen LogP contribution is -2.43. The molecule has 0 bridgehead atoms. The molecule has 0 aliphatic carbocycles. The van der Waals surface area contributed by atoms with E-state index in [0.29, 0.717) is 11.4 Å². The Morgan fingerprint density at radius 3 is 3.00 bits per heavy atom. The van der Waals surface area contributed by atoms with Crippen molar-refractivity contribution in [2.75, 3.05) is 25.1 Å². The number of primary amides is 1. The number of amides is 1. The third kappa shape index (κ3) is 2.29. The van der Waals surface area contributed by atoms with Crippen molar-refractivity contribution >= 4 is 22.8 Å². The number of anilines is 1. The van der Waals surface area contributed by atoms with Crippen LogP contribution in [0.15, 0.2) is 18.5 Å². The highest BCUT2D eigenvalue weighted by molar-refractivity contribution is 5.98. The Kier molecular flexibility index (Phi) is 3.42. The van der Waals surface area contributed by atoms with Gasteiger partial charge in [-0.15, -0.1) is 0 Å². The van der Waals surface area contributed by atoms with Crippen LogP contribution >= 0.6 is 0 Å². The lowest BCUT2D eigenvalue weighted by molar-refractivity contribution is 0.251. The van der Waals surface area contributed by atoms with E-state index < -0.39 is 6.03 Å². The molecule has 7 nitrogen and oxygen atoms in total. The van der Waals surface area contributed by atoms with Crippen molar-refractivity contribution in [2.24, 2.45) is 11.5 Å². The van der Waals surface area contributed by atoms with Gasteiger partial charge < -0.3 is 21.1 Å². The van der Waals surface area contributed by atoms with Crippen LogP contribution in [0.25, 0.3) is 11.0 Å². The van der Waals surface area contributed by atoms with Gasteiger partial charge in [0, 0.05) is 30.7 Å². The molecule has 1 amide bonds. The van der Waals surface area contributed by atoms with E-state index in [2.05, 4.69) is 9.88 Å². The smallest absolute Gasteiger partial charge is 0.324 e. The van der Waals surface area contributed by atoms with E-state index in [9.17, 15) is 4.79 Å². The zero-order valence-electron chi connectivity index (χ0n) is 12.0. The van der Waals surface area contributed by atoms with Crippen molar-refractivity contribution in [1.82, 2.24) is 9.55 Å². The molecule has 7 heteroatoms. The highest BCUT2D eigenvalue weighted by atomic mass is 16.5. The zero-order chi connectivity index (χ0) is 15.0. The molecule has 0 aromatic carbocycles. The highest BCUT2D eigenvalue weighted by Gasteiger charge is 2.23. The molecule has 4 N–H and O–H groups in total. The summed E-state index contributed by atoms with van der Waals surface area (Å²) in [5, 5.41) is 0.849. The molecule has 3 rings (SSSR count). The molecule has 0 radical (unpaired) electrons. The number of pyridine rings is 1. The van der Waals surface area contributed by atoms with Crippen LogP contribution in [-0.4, -0.2) is 41.8 Å². The van der Waals surface area contributed by atoms with Gasteiger partial charge >= 0.3 is 6.03 Å². The first-order valence-corrected chi connectivity index (χ1v) is 6.96. The molecule has 1 saturated heterocycles. The van der Waals surface area contributed by atoms with E-state index >= 15 is 0 Å². The average Bonchev–Trinajstić information content (AvgIpc) is 2.90. The number of piperidine rings is 1. The molecule has 2 aromatic rings. The molecule has 2 aromatic heterocycles. The van der Waals surface area contributed by atoms with E-state index in [0.717, 1.165) is 37.0 Å². The summed E-state index contributed by atoms with van der Waals surface area (Å²) in [5.74, 6) is 0.679. The molecule has 0 unspecified atom stereocenters. The summed E-state index contributed by atoms with van der Waals surface area (Å²) in [6.07, 6.45) is 5.31. The van der Waals surface area contributed by atoms with Gasteiger partial charge in [0.1, 0.15) is 5.65 Å². The van der Waals surface area contributed by atoms with E-state index in [1.165, 1.54) is 4.57 Å². The van der Waals surface area contributed by atoms with Crippen LogP contribution < -0.4 is 21.1 Å².